The number of nitriles is 2. The molecule has 3 aliphatic heterocycles. The van der Waals surface area contributed by atoms with Crippen LogP contribution in [0.25, 0.3) is 0 Å². The third-order valence-corrected chi connectivity index (χ3v) is 6.32. The summed E-state index contributed by atoms with van der Waals surface area (Å²) in [5.41, 5.74) is 10.9. The minimum absolute atomic E-state index is 0.0580. The van der Waals surface area contributed by atoms with Gasteiger partial charge in [0.2, 0.25) is 0 Å². The van der Waals surface area contributed by atoms with Crippen molar-refractivity contribution in [3.63, 3.8) is 0 Å². The minimum atomic E-state index is -0.0580. The Balaban J connectivity index is 1.83. The van der Waals surface area contributed by atoms with Crippen molar-refractivity contribution in [1.82, 2.24) is 10.3 Å². The van der Waals surface area contributed by atoms with Crippen LogP contribution in [0.15, 0.2) is 28.6 Å². The molecular formula is C18H19N5OS. The molecule has 0 radical (unpaired) electrons. The van der Waals surface area contributed by atoms with Crippen molar-refractivity contribution in [3.05, 3.63) is 38.4 Å². The number of hydrogen-bond acceptors (Lipinski definition) is 7. The largest absolute Gasteiger partial charge is 0.379 e. The lowest BCUT2D eigenvalue weighted by Crippen LogP contribution is -2.24. The molecule has 7 heteroatoms. The third-order valence-electron chi connectivity index (χ3n) is 5.07. The molecule has 1 saturated heterocycles. The van der Waals surface area contributed by atoms with Crippen molar-refractivity contribution in [3.8, 4) is 12.1 Å². The number of thiophene rings is 1. The summed E-state index contributed by atoms with van der Waals surface area (Å²) in [5, 5.41) is 19.7. The molecule has 1 fully saturated rings. The summed E-state index contributed by atoms with van der Waals surface area (Å²) in [7, 11) is 0. The molecule has 4 heterocycles. The lowest BCUT2D eigenvalue weighted by atomic mass is 9.90. The molecule has 0 spiro atoms. The van der Waals surface area contributed by atoms with E-state index in [1.165, 1.54) is 4.88 Å². The molecular weight excluding hydrogens is 334 g/mol. The summed E-state index contributed by atoms with van der Waals surface area (Å²) in [6, 6.07) is 6.96. The predicted molar refractivity (Wildman–Crippen MR) is 95.2 cm³/mol. The van der Waals surface area contributed by atoms with E-state index in [0.717, 1.165) is 46.1 Å². The van der Waals surface area contributed by atoms with Crippen LogP contribution in [-0.4, -0.2) is 24.7 Å². The minimum Gasteiger partial charge on any atom is -0.379 e. The first-order valence-corrected chi connectivity index (χ1v) is 9.24. The number of rotatable bonds is 1. The quantitative estimate of drug-likeness (QED) is 0.807. The molecule has 0 aromatic carbocycles. The molecule has 1 aromatic heterocycles. The highest BCUT2D eigenvalue weighted by Gasteiger charge is 2.32. The fraction of sp³-hybridized carbons (Fsp3) is 0.444. The Kier molecular flexibility index (Phi) is 4.22. The van der Waals surface area contributed by atoms with E-state index < -0.39 is 0 Å². The molecule has 0 saturated carbocycles. The maximum absolute atomic E-state index is 9.89. The van der Waals surface area contributed by atoms with Crippen LogP contribution in [-0.2, 0) is 11.3 Å². The van der Waals surface area contributed by atoms with Crippen LogP contribution in [0.5, 0.6) is 0 Å². The summed E-state index contributed by atoms with van der Waals surface area (Å²) < 4.78 is 5.59. The summed E-state index contributed by atoms with van der Waals surface area (Å²) in [5.74, 6) is -0.0580. The van der Waals surface area contributed by atoms with Crippen molar-refractivity contribution in [2.45, 2.75) is 32.2 Å². The predicted octanol–water partition coefficient (Wildman–Crippen LogP) is 2.96. The van der Waals surface area contributed by atoms with Gasteiger partial charge in [-0.3, -0.25) is 0 Å². The lowest BCUT2D eigenvalue weighted by Gasteiger charge is -2.26. The van der Waals surface area contributed by atoms with E-state index >= 15 is 0 Å². The van der Waals surface area contributed by atoms with Crippen molar-refractivity contribution in [2.75, 3.05) is 25.2 Å². The van der Waals surface area contributed by atoms with Gasteiger partial charge in [0.25, 0.3) is 0 Å². The molecule has 1 unspecified atom stereocenters. The van der Waals surface area contributed by atoms with Crippen LogP contribution in [0.1, 0.15) is 35.4 Å². The van der Waals surface area contributed by atoms with Gasteiger partial charge in [0.05, 0.1) is 48.7 Å². The average molecular weight is 353 g/mol. The highest BCUT2D eigenvalue weighted by molar-refractivity contribution is 7.12. The standard InChI is InChI=1S/C18H19N5OS/c1-11-14(9-20)13(17-7-15-18(25-17)10-21-22-15)6-12(8-19)16-2-4-24-5-3-23(11)16/h7,13,21-22H,2-6,10H2,1H3. The zero-order valence-electron chi connectivity index (χ0n) is 14.1. The molecule has 6 nitrogen and oxygen atoms in total. The van der Waals surface area contributed by atoms with Crippen molar-refractivity contribution < 1.29 is 4.74 Å². The van der Waals surface area contributed by atoms with Gasteiger partial charge < -0.3 is 15.1 Å². The molecule has 0 aliphatic carbocycles. The number of hydrazine groups is 1. The number of nitrogens with one attached hydrogen (secondary N) is 2. The monoisotopic (exact) mass is 353 g/mol. The Morgan fingerprint density at radius 2 is 2.20 bits per heavy atom. The van der Waals surface area contributed by atoms with Gasteiger partial charge in [-0.15, -0.1) is 11.3 Å². The highest BCUT2D eigenvalue weighted by Crippen LogP contribution is 2.44. The third kappa shape index (κ3) is 2.71. The van der Waals surface area contributed by atoms with Gasteiger partial charge in [0, 0.05) is 40.0 Å². The molecule has 0 amide bonds. The Hall–Kier alpha value is -2.32. The Labute approximate surface area is 151 Å². The van der Waals surface area contributed by atoms with Crippen molar-refractivity contribution >= 4 is 17.0 Å². The van der Waals surface area contributed by atoms with Crippen LogP contribution in [0, 0.1) is 22.7 Å². The second-order valence-electron chi connectivity index (χ2n) is 6.38. The van der Waals surface area contributed by atoms with Crippen LogP contribution < -0.4 is 10.9 Å². The zero-order valence-corrected chi connectivity index (χ0v) is 14.9. The molecule has 128 valence electrons. The van der Waals surface area contributed by atoms with Gasteiger partial charge in [-0.2, -0.15) is 10.5 Å². The highest BCUT2D eigenvalue weighted by atomic mass is 32.1. The van der Waals surface area contributed by atoms with Crippen LogP contribution in [0.3, 0.4) is 0 Å². The number of hydrogen-bond donors (Lipinski definition) is 2. The van der Waals surface area contributed by atoms with Gasteiger partial charge in [0.1, 0.15) is 0 Å². The second kappa shape index (κ2) is 6.53. The first-order valence-electron chi connectivity index (χ1n) is 8.42. The van der Waals surface area contributed by atoms with E-state index in [1.807, 2.05) is 6.92 Å². The molecule has 0 bridgehead atoms. The van der Waals surface area contributed by atoms with E-state index in [2.05, 4.69) is 34.0 Å². The van der Waals surface area contributed by atoms with Gasteiger partial charge >= 0.3 is 0 Å². The molecule has 2 N–H and O–H groups in total. The van der Waals surface area contributed by atoms with Crippen molar-refractivity contribution in [1.29, 1.82) is 10.5 Å². The van der Waals surface area contributed by atoms with E-state index in [-0.39, 0.29) is 5.92 Å². The zero-order chi connectivity index (χ0) is 17.4. The van der Waals surface area contributed by atoms with E-state index in [1.54, 1.807) is 11.3 Å². The maximum Gasteiger partial charge on any atom is 0.0972 e. The topological polar surface area (TPSA) is 84.1 Å². The van der Waals surface area contributed by atoms with Crippen molar-refractivity contribution in [2.24, 2.45) is 0 Å². The number of fused-ring (bicyclic) bond motifs is 2. The van der Waals surface area contributed by atoms with Gasteiger partial charge in [-0.05, 0) is 19.4 Å². The summed E-state index contributed by atoms with van der Waals surface area (Å²) in [6.07, 6.45) is 1.30. The smallest absolute Gasteiger partial charge is 0.0972 e. The number of allylic oxidation sites excluding steroid dienone is 3. The Morgan fingerprint density at radius 3 is 2.96 bits per heavy atom. The van der Waals surface area contributed by atoms with E-state index in [0.29, 0.717) is 26.2 Å². The van der Waals surface area contributed by atoms with E-state index in [4.69, 9.17) is 4.74 Å². The normalized spacial score (nSPS) is 23.2. The molecule has 3 aliphatic rings. The number of nitrogens with zero attached hydrogens (tertiary/aromatic N) is 3. The first-order chi connectivity index (χ1) is 12.2. The summed E-state index contributed by atoms with van der Waals surface area (Å²) in [6.45, 7) is 4.73. The maximum atomic E-state index is 9.89. The number of ether oxygens (including phenoxy) is 1. The van der Waals surface area contributed by atoms with Gasteiger partial charge in [-0.25, -0.2) is 5.43 Å². The van der Waals surface area contributed by atoms with Gasteiger partial charge in [0.15, 0.2) is 0 Å². The van der Waals surface area contributed by atoms with Crippen LogP contribution in [0.4, 0.5) is 5.69 Å². The van der Waals surface area contributed by atoms with Crippen LogP contribution in [0.2, 0.25) is 0 Å². The molecule has 1 atom stereocenters. The fourth-order valence-electron chi connectivity index (χ4n) is 3.79. The van der Waals surface area contributed by atoms with Gasteiger partial charge in [-0.1, -0.05) is 0 Å². The Morgan fingerprint density at radius 1 is 1.32 bits per heavy atom. The molecule has 1 aromatic rings. The fourth-order valence-corrected chi connectivity index (χ4v) is 4.96. The Bertz CT molecular complexity index is 832. The second-order valence-corrected chi connectivity index (χ2v) is 7.55. The number of anilines is 1. The average Bonchev–Trinajstić information content (AvgIpc) is 3.09. The summed E-state index contributed by atoms with van der Waals surface area (Å²) >= 11 is 1.72. The first kappa shape index (κ1) is 16.2. The summed E-state index contributed by atoms with van der Waals surface area (Å²) in [4.78, 5) is 4.53. The molecule has 4 rings (SSSR count). The van der Waals surface area contributed by atoms with E-state index in [9.17, 15) is 10.5 Å². The van der Waals surface area contributed by atoms with Crippen LogP contribution >= 0.6 is 11.3 Å². The SMILES string of the molecule is CC1=C(C#N)C(c2cc3c(s2)CNN3)CC(C#N)=C2CCOCCN12. The molecule has 25 heavy (non-hydrogen) atoms. The lowest BCUT2D eigenvalue weighted by molar-refractivity contribution is 0.145.